The number of allylic oxidation sites excluding steroid dienone is 1. The maximum Gasteiger partial charge on any atom is -0.0150 e. The molecular formula is C11H12. The van der Waals surface area contributed by atoms with Crippen LogP contribution in [0.5, 0.6) is 0 Å². The Kier molecular flexibility index (Phi) is 1.54. The Labute approximate surface area is 67.6 Å². The average Bonchev–Trinajstić information content (AvgIpc) is 2.06. The van der Waals surface area contributed by atoms with Gasteiger partial charge in [0.05, 0.1) is 0 Å². The van der Waals surface area contributed by atoms with Gasteiger partial charge >= 0.3 is 0 Å². The number of benzene rings is 1. The summed E-state index contributed by atoms with van der Waals surface area (Å²) in [6.45, 7) is 2.28. The Balaban J connectivity index is 2.54. The molecule has 0 heterocycles. The minimum Gasteiger partial charge on any atom is -0.0833 e. The maximum absolute atomic E-state index is 2.28. The third-order valence-corrected chi connectivity index (χ3v) is 2.31. The van der Waals surface area contributed by atoms with E-state index < -0.39 is 0 Å². The Bertz CT molecular complexity index is 284. The second-order valence-corrected chi connectivity index (χ2v) is 3.17. The van der Waals surface area contributed by atoms with Gasteiger partial charge in [-0.1, -0.05) is 43.3 Å². The second-order valence-electron chi connectivity index (χ2n) is 3.17. The minimum atomic E-state index is 0.705. The van der Waals surface area contributed by atoms with Gasteiger partial charge in [-0.05, 0) is 23.5 Å². The first-order chi connectivity index (χ1) is 5.38. The topological polar surface area (TPSA) is 0 Å². The highest BCUT2D eigenvalue weighted by Gasteiger charge is 2.09. The number of hydrogen-bond donors (Lipinski definition) is 0. The fourth-order valence-corrected chi connectivity index (χ4v) is 1.64. The molecular weight excluding hydrogens is 132 g/mol. The van der Waals surface area contributed by atoms with Crippen LogP contribution in [0, 0.1) is 0 Å². The van der Waals surface area contributed by atoms with Gasteiger partial charge in [-0.3, -0.25) is 0 Å². The zero-order chi connectivity index (χ0) is 7.68. The van der Waals surface area contributed by atoms with E-state index in [1.807, 2.05) is 0 Å². The van der Waals surface area contributed by atoms with E-state index in [1.165, 1.54) is 17.5 Å². The van der Waals surface area contributed by atoms with Crippen LogP contribution in [0.2, 0.25) is 0 Å². The lowest BCUT2D eigenvalue weighted by molar-refractivity contribution is 0.772. The zero-order valence-electron chi connectivity index (χ0n) is 6.75. The summed E-state index contributed by atoms with van der Waals surface area (Å²) in [6.07, 6.45) is 5.67. The Morgan fingerprint density at radius 2 is 2.09 bits per heavy atom. The Hall–Kier alpha value is -1.04. The van der Waals surface area contributed by atoms with Crippen molar-refractivity contribution in [1.82, 2.24) is 0 Å². The predicted molar refractivity (Wildman–Crippen MR) is 48.5 cm³/mol. The third kappa shape index (κ3) is 1.09. The summed E-state index contributed by atoms with van der Waals surface area (Å²) in [5.74, 6) is 0.705. The van der Waals surface area contributed by atoms with Crippen LogP contribution in [0.3, 0.4) is 0 Å². The molecule has 0 heteroatoms. The van der Waals surface area contributed by atoms with Crippen LogP contribution in [0.1, 0.15) is 30.4 Å². The van der Waals surface area contributed by atoms with E-state index in [1.54, 1.807) is 0 Å². The van der Waals surface area contributed by atoms with Crippen molar-refractivity contribution in [3.05, 3.63) is 41.5 Å². The fourth-order valence-electron chi connectivity index (χ4n) is 1.64. The molecule has 2 rings (SSSR count). The molecule has 0 bridgehead atoms. The molecule has 1 aliphatic carbocycles. The lowest BCUT2D eigenvalue weighted by atomic mass is 9.89. The van der Waals surface area contributed by atoms with Gasteiger partial charge in [0, 0.05) is 0 Å². The highest BCUT2D eigenvalue weighted by atomic mass is 14.1. The second kappa shape index (κ2) is 2.54. The molecule has 1 atom stereocenters. The van der Waals surface area contributed by atoms with Gasteiger partial charge in [-0.25, -0.2) is 0 Å². The van der Waals surface area contributed by atoms with Crippen molar-refractivity contribution in [3.8, 4) is 0 Å². The summed E-state index contributed by atoms with van der Waals surface area (Å²) in [7, 11) is 0. The molecule has 11 heavy (non-hydrogen) atoms. The summed E-state index contributed by atoms with van der Waals surface area (Å²) >= 11 is 0. The SMILES string of the molecule is CC1CC=Cc2ccccc21. The fraction of sp³-hybridized carbons (Fsp3) is 0.273. The number of fused-ring (bicyclic) bond motifs is 1. The van der Waals surface area contributed by atoms with Crippen LogP contribution < -0.4 is 0 Å². The van der Waals surface area contributed by atoms with Crippen molar-refractivity contribution in [2.24, 2.45) is 0 Å². The Morgan fingerprint density at radius 3 is 2.91 bits per heavy atom. The van der Waals surface area contributed by atoms with Gasteiger partial charge in [-0.2, -0.15) is 0 Å². The molecule has 1 unspecified atom stereocenters. The maximum atomic E-state index is 2.28. The molecule has 0 amide bonds. The van der Waals surface area contributed by atoms with Crippen molar-refractivity contribution < 1.29 is 0 Å². The minimum absolute atomic E-state index is 0.705. The first-order valence-electron chi connectivity index (χ1n) is 4.13. The summed E-state index contributed by atoms with van der Waals surface area (Å²) in [6, 6.07) is 8.63. The van der Waals surface area contributed by atoms with Gasteiger partial charge in [0.25, 0.3) is 0 Å². The monoisotopic (exact) mass is 144 g/mol. The van der Waals surface area contributed by atoms with Crippen LogP contribution in [0.25, 0.3) is 6.08 Å². The third-order valence-electron chi connectivity index (χ3n) is 2.31. The van der Waals surface area contributed by atoms with Crippen molar-refractivity contribution in [1.29, 1.82) is 0 Å². The van der Waals surface area contributed by atoms with Crippen LogP contribution in [-0.4, -0.2) is 0 Å². The first-order valence-corrected chi connectivity index (χ1v) is 4.13. The molecule has 0 radical (unpaired) electrons. The van der Waals surface area contributed by atoms with E-state index in [0.717, 1.165) is 0 Å². The molecule has 0 saturated carbocycles. The standard InChI is InChI=1S/C11H12/c1-9-5-4-7-10-6-2-3-8-11(9)10/h2-4,6-9H,5H2,1H3. The number of rotatable bonds is 0. The van der Waals surface area contributed by atoms with E-state index in [0.29, 0.717) is 5.92 Å². The molecule has 1 aromatic carbocycles. The molecule has 56 valence electrons. The normalized spacial score (nSPS) is 21.4. The molecule has 0 fully saturated rings. The molecule has 0 aliphatic heterocycles. The summed E-state index contributed by atoms with van der Waals surface area (Å²) in [5.41, 5.74) is 2.89. The van der Waals surface area contributed by atoms with Crippen LogP contribution in [0.15, 0.2) is 30.3 Å². The van der Waals surface area contributed by atoms with Crippen molar-refractivity contribution in [2.45, 2.75) is 19.3 Å². The smallest absolute Gasteiger partial charge is 0.0150 e. The molecule has 1 aromatic rings. The van der Waals surface area contributed by atoms with Gasteiger partial charge < -0.3 is 0 Å². The van der Waals surface area contributed by atoms with Gasteiger partial charge in [-0.15, -0.1) is 0 Å². The van der Waals surface area contributed by atoms with Crippen molar-refractivity contribution in [2.75, 3.05) is 0 Å². The Morgan fingerprint density at radius 1 is 1.27 bits per heavy atom. The van der Waals surface area contributed by atoms with Crippen molar-refractivity contribution in [3.63, 3.8) is 0 Å². The quantitative estimate of drug-likeness (QED) is 0.524. The highest BCUT2D eigenvalue weighted by molar-refractivity contribution is 5.57. The first kappa shape index (κ1) is 6.66. The van der Waals surface area contributed by atoms with E-state index in [4.69, 9.17) is 0 Å². The summed E-state index contributed by atoms with van der Waals surface area (Å²) < 4.78 is 0. The largest absolute Gasteiger partial charge is 0.0833 e. The molecule has 0 nitrogen and oxygen atoms in total. The van der Waals surface area contributed by atoms with Gasteiger partial charge in [0.15, 0.2) is 0 Å². The zero-order valence-corrected chi connectivity index (χ0v) is 6.75. The highest BCUT2D eigenvalue weighted by Crippen LogP contribution is 2.28. The lowest BCUT2D eigenvalue weighted by Gasteiger charge is -2.16. The number of hydrogen-bond acceptors (Lipinski definition) is 0. The van der Waals surface area contributed by atoms with Gasteiger partial charge in [0.2, 0.25) is 0 Å². The average molecular weight is 144 g/mol. The van der Waals surface area contributed by atoms with Gasteiger partial charge in [0.1, 0.15) is 0 Å². The predicted octanol–water partition coefficient (Wildman–Crippen LogP) is 3.21. The van der Waals surface area contributed by atoms with Crippen molar-refractivity contribution >= 4 is 6.08 Å². The molecule has 0 aromatic heterocycles. The molecule has 0 saturated heterocycles. The van der Waals surface area contributed by atoms with E-state index in [9.17, 15) is 0 Å². The van der Waals surface area contributed by atoms with Crippen LogP contribution >= 0.6 is 0 Å². The van der Waals surface area contributed by atoms with Crippen LogP contribution in [0.4, 0.5) is 0 Å². The molecule has 1 aliphatic rings. The lowest BCUT2D eigenvalue weighted by Crippen LogP contribution is -1.98. The van der Waals surface area contributed by atoms with E-state index >= 15 is 0 Å². The summed E-state index contributed by atoms with van der Waals surface area (Å²) in [4.78, 5) is 0. The molecule has 0 N–H and O–H groups in total. The summed E-state index contributed by atoms with van der Waals surface area (Å²) in [5, 5.41) is 0. The van der Waals surface area contributed by atoms with Crippen LogP contribution in [-0.2, 0) is 0 Å². The van der Waals surface area contributed by atoms with E-state index in [-0.39, 0.29) is 0 Å². The van der Waals surface area contributed by atoms with E-state index in [2.05, 4.69) is 43.3 Å². The molecule has 0 spiro atoms.